The van der Waals surface area contributed by atoms with Crippen LogP contribution in [0.25, 0.3) is 10.9 Å². The molecule has 0 atom stereocenters. The van der Waals surface area contributed by atoms with Crippen molar-refractivity contribution in [3.63, 3.8) is 0 Å². The van der Waals surface area contributed by atoms with Crippen molar-refractivity contribution in [1.82, 2.24) is 9.55 Å². The SMILES string of the molecule is COc1cccc(C(=O)CSc2nc3ccccc3c(=O)n2C(C)C)c1. The van der Waals surface area contributed by atoms with Crippen LogP contribution in [0.1, 0.15) is 30.2 Å². The Morgan fingerprint density at radius 2 is 1.96 bits per heavy atom. The molecule has 5 nitrogen and oxygen atoms in total. The summed E-state index contributed by atoms with van der Waals surface area (Å²) in [6.45, 7) is 3.87. The number of hydrogen-bond acceptors (Lipinski definition) is 5. The number of Topliss-reactive ketones (excluding diaryl/α,β-unsaturated/α-hetero) is 1. The minimum Gasteiger partial charge on any atom is -0.497 e. The van der Waals surface area contributed by atoms with Gasteiger partial charge in [-0.1, -0.05) is 36.0 Å². The van der Waals surface area contributed by atoms with Gasteiger partial charge in [0, 0.05) is 11.6 Å². The minimum atomic E-state index is -0.0815. The average Bonchev–Trinajstić information content (AvgIpc) is 2.65. The zero-order valence-electron chi connectivity index (χ0n) is 14.9. The maximum atomic E-state index is 12.8. The van der Waals surface area contributed by atoms with Gasteiger partial charge in [-0.05, 0) is 38.1 Å². The van der Waals surface area contributed by atoms with Crippen LogP contribution < -0.4 is 10.3 Å². The number of benzene rings is 2. The van der Waals surface area contributed by atoms with Crippen LogP contribution in [0.5, 0.6) is 5.75 Å². The first-order chi connectivity index (χ1) is 12.5. The van der Waals surface area contributed by atoms with Gasteiger partial charge in [-0.15, -0.1) is 0 Å². The number of ether oxygens (including phenoxy) is 1. The van der Waals surface area contributed by atoms with Crippen LogP contribution in [0.4, 0.5) is 0 Å². The van der Waals surface area contributed by atoms with Crippen molar-refractivity contribution >= 4 is 28.4 Å². The summed E-state index contributed by atoms with van der Waals surface area (Å²) in [5, 5.41) is 1.14. The predicted octanol–water partition coefficient (Wildman–Crippen LogP) is 3.96. The third-order valence-corrected chi connectivity index (χ3v) is 4.97. The maximum absolute atomic E-state index is 12.8. The van der Waals surface area contributed by atoms with Gasteiger partial charge in [-0.3, -0.25) is 14.2 Å². The number of carbonyl (C=O) groups excluding carboxylic acids is 1. The maximum Gasteiger partial charge on any atom is 0.262 e. The Hall–Kier alpha value is -2.60. The lowest BCUT2D eigenvalue weighted by molar-refractivity contribution is 0.102. The summed E-state index contributed by atoms with van der Waals surface area (Å²) < 4.78 is 6.81. The number of para-hydroxylation sites is 1. The molecule has 0 fully saturated rings. The van der Waals surface area contributed by atoms with Crippen LogP contribution in [0.3, 0.4) is 0 Å². The molecule has 0 amide bonds. The lowest BCUT2D eigenvalue weighted by atomic mass is 10.1. The highest BCUT2D eigenvalue weighted by atomic mass is 32.2. The van der Waals surface area contributed by atoms with Gasteiger partial charge in [0.25, 0.3) is 5.56 Å². The molecule has 3 aromatic rings. The molecule has 26 heavy (non-hydrogen) atoms. The average molecular weight is 368 g/mol. The van der Waals surface area contributed by atoms with Gasteiger partial charge in [-0.25, -0.2) is 4.98 Å². The number of fused-ring (bicyclic) bond motifs is 1. The molecule has 0 unspecified atom stereocenters. The lowest BCUT2D eigenvalue weighted by Gasteiger charge is -2.16. The van der Waals surface area contributed by atoms with Crippen LogP contribution in [0.15, 0.2) is 58.5 Å². The fourth-order valence-electron chi connectivity index (χ4n) is 2.69. The number of rotatable bonds is 6. The summed E-state index contributed by atoms with van der Waals surface area (Å²) in [7, 11) is 1.57. The summed E-state index contributed by atoms with van der Waals surface area (Å²) in [4.78, 5) is 29.9. The molecule has 6 heteroatoms. The number of ketones is 1. The van der Waals surface area contributed by atoms with Crippen molar-refractivity contribution in [3.8, 4) is 5.75 Å². The Kier molecular flexibility index (Phi) is 5.42. The number of thioether (sulfide) groups is 1. The molecule has 0 bridgehead atoms. The van der Waals surface area contributed by atoms with E-state index in [0.29, 0.717) is 27.4 Å². The summed E-state index contributed by atoms with van der Waals surface area (Å²) in [5.74, 6) is 0.806. The van der Waals surface area contributed by atoms with Crippen LogP contribution in [-0.4, -0.2) is 28.2 Å². The van der Waals surface area contributed by atoms with E-state index in [0.717, 1.165) is 0 Å². The molecular weight excluding hydrogens is 348 g/mol. The van der Waals surface area contributed by atoms with Gasteiger partial charge in [0.1, 0.15) is 5.75 Å². The van der Waals surface area contributed by atoms with Crippen molar-refractivity contribution in [1.29, 1.82) is 0 Å². The summed E-state index contributed by atoms with van der Waals surface area (Å²) in [5.41, 5.74) is 1.14. The van der Waals surface area contributed by atoms with E-state index in [1.807, 2.05) is 32.0 Å². The molecule has 0 saturated carbocycles. The fourth-order valence-corrected chi connectivity index (χ4v) is 3.72. The largest absolute Gasteiger partial charge is 0.497 e. The van der Waals surface area contributed by atoms with Gasteiger partial charge in [-0.2, -0.15) is 0 Å². The van der Waals surface area contributed by atoms with Crippen molar-refractivity contribution < 1.29 is 9.53 Å². The molecule has 0 aliphatic heterocycles. The summed E-state index contributed by atoms with van der Waals surface area (Å²) in [6, 6.07) is 14.3. The lowest BCUT2D eigenvalue weighted by Crippen LogP contribution is -2.25. The Morgan fingerprint density at radius 1 is 1.19 bits per heavy atom. The van der Waals surface area contributed by atoms with Crippen LogP contribution in [0, 0.1) is 0 Å². The Bertz CT molecular complexity index is 1010. The molecule has 0 saturated heterocycles. The van der Waals surface area contributed by atoms with Crippen molar-refractivity contribution in [2.45, 2.75) is 25.0 Å². The number of methoxy groups -OCH3 is 1. The number of hydrogen-bond donors (Lipinski definition) is 0. The minimum absolute atomic E-state index is 0.0355. The van der Waals surface area contributed by atoms with Crippen molar-refractivity contribution in [2.24, 2.45) is 0 Å². The van der Waals surface area contributed by atoms with E-state index < -0.39 is 0 Å². The molecule has 3 rings (SSSR count). The molecule has 0 aliphatic carbocycles. The van der Waals surface area contributed by atoms with E-state index in [1.165, 1.54) is 11.8 Å². The van der Waals surface area contributed by atoms with Gasteiger partial charge < -0.3 is 4.74 Å². The first-order valence-corrected chi connectivity index (χ1v) is 9.31. The van der Waals surface area contributed by atoms with E-state index in [1.54, 1.807) is 42.0 Å². The normalized spacial score (nSPS) is 11.1. The quantitative estimate of drug-likeness (QED) is 0.374. The van der Waals surface area contributed by atoms with Crippen LogP contribution >= 0.6 is 11.8 Å². The second-order valence-electron chi connectivity index (χ2n) is 6.12. The first kappa shape index (κ1) is 18.2. The van der Waals surface area contributed by atoms with E-state index >= 15 is 0 Å². The fraction of sp³-hybridized carbons (Fsp3) is 0.250. The third kappa shape index (κ3) is 3.65. The summed E-state index contributed by atoms with van der Waals surface area (Å²) >= 11 is 1.28. The van der Waals surface area contributed by atoms with E-state index in [2.05, 4.69) is 4.98 Å². The number of aromatic nitrogens is 2. The number of nitrogens with zero attached hydrogens (tertiary/aromatic N) is 2. The van der Waals surface area contributed by atoms with Crippen molar-refractivity contribution in [3.05, 3.63) is 64.4 Å². The van der Waals surface area contributed by atoms with Gasteiger partial charge in [0.05, 0.1) is 23.8 Å². The van der Waals surface area contributed by atoms with Gasteiger partial charge in [0.15, 0.2) is 10.9 Å². The second kappa shape index (κ2) is 7.74. The van der Waals surface area contributed by atoms with Gasteiger partial charge in [0.2, 0.25) is 0 Å². The Morgan fingerprint density at radius 3 is 2.69 bits per heavy atom. The standard InChI is InChI=1S/C20H20N2O3S/c1-13(2)22-19(24)16-9-4-5-10-17(16)21-20(22)26-12-18(23)14-7-6-8-15(11-14)25-3/h4-11,13H,12H2,1-3H3. The van der Waals surface area contributed by atoms with E-state index in [4.69, 9.17) is 4.74 Å². The van der Waals surface area contributed by atoms with Crippen molar-refractivity contribution in [2.75, 3.05) is 12.9 Å². The highest BCUT2D eigenvalue weighted by Crippen LogP contribution is 2.22. The molecule has 0 spiro atoms. The second-order valence-corrected chi connectivity index (χ2v) is 7.07. The summed E-state index contributed by atoms with van der Waals surface area (Å²) in [6.07, 6.45) is 0. The zero-order valence-corrected chi connectivity index (χ0v) is 15.7. The van der Waals surface area contributed by atoms with Crippen LogP contribution in [0.2, 0.25) is 0 Å². The molecular formula is C20H20N2O3S. The molecule has 0 N–H and O–H groups in total. The monoisotopic (exact) mass is 368 g/mol. The molecule has 0 radical (unpaired) electrons. The topological polar surface area (TPSA) is 61.2 Å². The highest BCUT2D eigenvalue weighted by Gasteiger charge is 2.16. The van der Waals surface area contributed by atoms with Crippen LogP contribution in [-0.2, 0) is 0 Å². The zero-order chi connectivity index (χ0) is 18.7. The predicted molar refractivity (Wildman–Crippen MR) is 104 cm³/mol. The molecule has 0 aliphatic rings. The Balaban J connectivity index is 1.91. The first-order valence-electron chi connectivity index (χ1n) is 8.32. The highest BCUT2D eigenvalue weighted by molar-refractivity contribution is 7.99. The van der Waals surface area contributed by atoms with E-state index in [-0.39, 0.29) is 23.1 Å². The molecule has 1 aromatic heterocycles. The molecule has 1 heterocycles. The molecule has 2 aromatic carbocycles. The number of carbonyl (C=O) groups is 1. The Labute approximate surface area is 156 Å². The smallest absolute Gasteiger partial charge is 0.262 e. The van der Waals surface area contributed by atoms with E-state index in [9.17, 15) is 9.59 Å². The third-order valence-electron chi connectivity index (χ3n) is 4.02. The molecule has 134 valence electrons. The van der Waals surface area contributed by atoms with Gasteiger partial charge >= 0.3 is 0 Å².